The van der Waals surface area contributed by atoms with Crippen LogP contribution < -0.4 is 4.74 Å². The first-order chi connectivity index (χ1) is 6.24. The Kier molecular flexibility index (Phi) is 3.78. The first kappa shape index (κ1) is 10.1. The van der Waals surface area contributed by atoms with Gasteiger partial charge >= 0.3 is 0 Å². The Labute approximate surface area is 85.0 Å². The second kappa shape index (κ2) is 4.88. The Morgan fingerprint density at radius 1 is 1.54 bits per heavy atom. The number of hydrogen-bond donors (Lipinski definition) is 0. The second-order valence-corrected chi connectivity index (χ2v) is 3.23. The van der Waals surface area contributed by atoms with Gasteiger partial charge in [-0.3, -0.25) is 0 Å². The number of ether oxygens (including phenoxy) is 1. The third-order valence-corrected chi connectivity index (χ3v) is 2.02. The minimum Gasteiger partial charge on any atom is -0.491 e. The van der Waals surface area contributed by atoms with Gasteiger partial charge in [0.05, 0.1) is 11.1 Å². The first-order valence-electron chi connectivity index (χ1n) is 3.75. The molecule has 68 valence electrons. The van der Waals surface area contributed by atoms with Gasteiger partial charge in [-0.05, 0) is 34.1 Å². The topological polar surface area (TPSA) is 9.23 Å². The van der Waals surface area contributed by atoms with Crippen LogP contribution in [0.25, 0.3) is 0 Å². The van der Waals surface area contributed by atoms with Gasteiger partial charge in [0.25, 0.3) is 0 Å². The summed E-state index contributed by atoms with van der Waals surface area (Å²) in [5, 5.41) is 0. The average molecular weight is 243 g/mol. The lowest BCUT2D eigenvalue weighted by Crippen LogP contribution is -1.96. The van der Waals surface area contributed by atoms with Gasteiger partial charge < -0.3 is 4.74 Å². The van der Waals surface area contributed by atoms with Crippen molar-refractivity contribution in [2.75, 3.05) is 6.61 Å². The lowest BCUT2D eigenvalue weighted by molar-refractivity contribution is 0.324. The van der Waals surface area contributed by atoms with Crippen LogP contribution in [0.1, 0.15) is 6.42 Å². The highest BCUT2D eigenvalue weighted by atomic mass is 79.9. The summed E-state index contributed by atoms with van der Waals surface area (Å²) in [5.41, 5.74) is 0. The quantitative estimate of drug-likeness (QED) is 0.585. The molecule has 1 rings (SSSR count). The van der Waals surface area contributed by atoms with E-state index in [-0.39, 0.29) is 5.82 Å². The average Bonchev–Trinajstić information content (AvgIpc) is 2.09. The lowest BCUT2D eigenvalue weighted by Gasteiger charge is -2.05. The van der Waals surface area contributed by atoms with Gasteiger partial charge in [-0.25, -0.2) is 4.39 Å². The number of halogens is 2. The molecular formula is C10H8BrFO. The fourth-order valence-electron chi connectivity index (χ4n) is 0.812. The summed E-state index contributed by atoms with van der Waals surface area (Å²) < 4.78 is 18.5. The molecule has 0 amide bonds. The Morgan fingerprint density at radius 3 is 2.92 bits per heavy atom. The third kappa shape index (κ3) is 3.08. The van der Waals surface area contributed by atoms with E-state index in [9.17, 15) is 4.39 Å². The molecule has 0 bridgehead atoms. The molecule has 1 aromatic rings. The van der Waals surface area contributed by atoms with Crippen LogP contribution >= 0.6 is 15.9 Å². The molecule has 1 nitrogen and oxygen atoms in total. The molecule has 0 unspecified atom stereocenters. The number of rotatable bonds is 3. The van der Waals surface area contributed by atoms with Gasteiger partial charge in [-0.2, -0.15) is 0 Å². The number of terminal acetylenes is 1. The smallest absolute Gasteiger partial charge is 0.133 e. The molecule has 0 aliphatic rings. The van der Waals surface area contributed by atoms with Gasteiger partial charge in [-0.1, -0.05) is 0 Å². The van der Waals surface area contributed by atoms with E-state index in [1.807, 2.05) is 0 Å². The Bertz CT molecular complexity index is 330. The number of hydrogen-bond acceptors (Lipinski definition) is 1. The van der Waals surface area contributed by atoms with E-state index in [0.29, 0.717) is 23.2 Å². The van der Waals surface area contributed by atoms with E-state index in [0.717, 1.165) is 0 Å². The zero-order valence-corrected chi connectivity index (χ0v) is 8.47. The van der Waals surface area contributed by atoms with Crippen molar-refractivity contribution in [2.24, 2.45) is 0 Å². The van der Waals surface area contributed by atoms with E-state index in [1.165, 1.54) is 12.1 Å². The Balaban J connectivity index is 2.62. The summed E-state index contributed by atoms with van der Waals surface area (Å²) in [7, 11) is 0. The molecule has 0 saturated heterocycles. The molecule has 0 saturated carbocycles. The van der Waals surface area contributed by atoms with Crippen LogP contribution in [-0.4, -0.2) is 6.61 Å². The van der Waals surface area contributed by atoms with Crippen molar-refractivity contribution < 1.29 is 9.13 Å². The molecule has 0 radical (unpaired) electrons. The van der Waals surface area contributed by atoms with Crippen LogP contribution in [-0.2, 0) is 0 Å². The molecule has 0 N–H and O–H groups in total. The summed E-state index contributed by atoms with van der Waals surface area (Å²) in [5.74, 6) is 2.77. The molecular weight excluding hydrogens is 235 g/mol. The zero-order chi connectivity index (χ0) is 9.68. The van der Waals surface area contributed by atoms with Crippen LogP contribution in [0.5, 0.6) is 5.75 Å². The third-order valence-electron chi connectivity index (χ3n) is 1.40. The summed E-state index contributed by atoms with van der Waals surface area (Å²) in [4.78, 5) is 0. The van der Waals surface area contributed by atoms with Crippen molar-refractivity contribution in [1.29, 1.82) is 0 Å². The van der Waals surface area contributed by atoms with E-state index in [4.69, 9.17) is 11.2 Å². The molecule has 0 aliphatic heterocycles. The van der Waals surface area contributed by atoms with Crippen molar-refractivity contribution in [3.8, 4) is 18.1 Å². The lowest BCUT2D eigenvalue weighted by atomic mass is 10.3. The van der Waals surface area contributed by atoms with Gasteiger partial charge in [0.2, 0.25) is 0 Å². The molecule has 1 aromatic carbocycles. The van der Waals surface area contributed by atoms with E-state index >= 15 is 0 Å². The van der Waals surface area contributed by atoms with Gasteiger partial charge in [-0.15, -0.1) is 12.3 Å². The van der Waals surface area contributed by atoms with Crippen LogP contribution in [0.3, 0.4) is 0 Å². The molecule has 0 spiro atoms. The highest BCUT2D eigenvalue weighted by molar-refractivity contribution is 9.10. The second-order valence-electron chi connectivity index (χ2n) is 2.38. The van der Waals surface area contributed by atoms with Crippen LogP contribution in [0.4, 0.5) is 4.39 Å². The number of benzene rings is 1. The van der Waals surface area contributed by atoms with E-state index < -0.39 is 0 Å². The molecule has 3 heteroatoms. The molecule has 13 heavy (non-hydrogen) atoms. The molecule has 0 aliphatic carbocycles. The predicted molar refractivity (Wildman–Crippen MR) is 53.0 cm³/mol. The van der Waals surface area contributed by atoms with Crippen LogP contribution in [0.15, 0.2) is 22.7 Å². The van der Waals surface area contributed by atoms with Crippen LogP contribution in [0.2, 0.25) is 0 Å². The monoisotopic (exact) mass is 242 g/mol. The van der Waals surface area contributed by atoms with Crippen molar-refractivity contribution in [2.45, 2.75) is 6.42 Å². The molecule has 0 heterocycles. The maximum Gasteiger partial charge on any atom is 0.133 e. The molecule has 0 atom stereocenters. The fraction of sp³-hybridized carbons (Fsp3) is 0.200. The minimum atomic E-state index is -0.295. The first-order valence-corrected chi connectivity index (χ1v) is 4.54. The highest BCUT2D eigenvalue weighted by Crippen LogP contribution is 2.25. The maximum atomic E-state index is 12.6. The SMILES string of the molecule is C#CCCOc1ccc(F)cc1Br. The Morgan fingerprint density at radius 2 is 2.31 bits per heavy atom. The molecule has 0 fully saturated rings. The summed E-state index contributed by atoms with van der Waals surface area (Å²) >= 11 is 3.18. The minimum absolute atomic E-state index is 0.295. The fourth-order valence-corrected chi connectivity index (χ4v) is 1.28. The summed E-state index contributed by atoms with van der Waals surface area (Å²) in [6.07, 6.45) is 5.60. The van der Waals surface area contributed by atoms with Crippen LogP contribution in [0, 0.1) is 18.2 Å². The van der Waals surface area contributed by atoms with Gasteiger partial charge in [0.15, 0.2) is 0 Å². The van der Waals surface area contributed by atoms with Gasteiger partial charge in [0.1, 0.15) is 11.6 Å². The maximum absolute atomic E-state index is 12.6. The van der Waals surface area contributed by atoms with E-state index in [2.05, 4.69) is 21.9 Å². The van der Waals surface area contributed by atoms with Gasteiger partial charge in [0, 0.05) is 6.42 Å². The summed E-state index contributed by atoms with van der Waals surface area (Å²) in [6.45, 7) is 0.445. The highest BCUT2D eigenvalue weighted by Gasteiger charge is 2.01. The summed E-state index contributed by atoms with van der Waals surface area (Å²) in [6, 6.07) is 4.26. The van der Waals surface area contributed by atoms with Crippen molar-refractivity contribution in [3.63, 3.8) is 0 Å². The normalized spacial score (nSPS) is 9.31. The van der Waals surface area contributed by atoms with E-state index in [1.54, 1.807) is 6.07 Å². The van der Waals surface area contributed by atoms with Crippen molar-refractivity contribution in [3.05, 3.63) is 28.5 Å². The standard InChI is InChI=1S/C10H8BrFO/c1-2-3-6-13-10-5-4-8(12)7-9(10)11/h1,4-5,7H,3,6H2. The largest absolute Gasteiger partial charge is 0.491 e. The molecule has 0 aromatic heterocycles. The van der Waals surface area contributed by atoms with Crippen molar-refractivity contribution >= 4 is 15.9 Å². The Hall–Kier alpha value is -1.01. The zero-order valence-electron chi connectivity index (χ0n) is 6.89. The predicted octanol–water partition coefficient (Wildman–Crippen LogP) is 2.99. The van der Waals surface area contributed by atoms with Crippen molar-refractivity contribution in [1.82, 2.24) is 0 Å².